The summed E-state index contributed by atoms with van der Waals surface area (Å²) in [6.07, 6.45) is 5.63. The lowest BCUT2D eigenvalue weighted by Crippen LogP contribution is -2.62. The van der Waals surface area contributed by atoms with Gasteiger partial charge in [-0.25, -0.2) is 0 Å². The van der Waals surface area contributed by atoms with E-state index in [0.29, 0.717) is 24.7 Å². The van der Waals surface area contributed by atoms with E-state index in [1.165, 1.54) is 0 Å². The summed E-state index contributed by atoms with van der Waals surface area (Å²) >= 11 is 3.29. The van der Waals surface area contributed by atoms with Crippen LogP contribution in [0.1, 0.15) is 65.7 Å². The van der Waals surface area contributed by atoms with Crippen molar-refractivity contribution in [2.45, 2.75) is 82.2 Å². The minimum Gasteiger partial charge on any atom is -0.459 e. The Morgan fingerprint density at radius 1 is 1.17 bits per heavy atom. The SMILES string of the molecule is CCC(C)(C)C(=O)OC12CC3CC(CC(OCC(F)(F)S)(C3)C1)C2. The van der Waals surface area contributed by atoms with Crippen LogP contribution in [0.5, 0.6) is 0 Å². The van der Waals surface area contributed by atoms with Crippen molar-refractivity contribution in [1.29, 1.82) is 0 Å². The zero-order valence-corrected chi connectivity index (χ0v) is 15.6. The van der Waals surface area contributed by atoms with E-state index in [1.807, 2.05) is 20.8 Å². The van der Waals surface area contributed by atoms with Gasteiger partial charge in [-0.15, -0.1) is 12.6 Å². The Balaban J connectivity index is 1.77. The fourth-order valence-corrected chi connectivity index (χ4v) is 5.17. The minimum absolute atomic E-state index is 0.179. The Morgan fingerprint density at radius 2 is 1.71 bits per heavy atom. The standard InChI is InChI=1S/C18H28F2O3S/c1-4-15(2,3)14(21)23-17-8-12-5-13(9-17)7-16(6-12,10-17)22-11-18(19,20)24/h12-13,24H,4-11H2,1-3H3. The predicted molar refractivity (Wildman–Crippen MR) is 90.2 cm³/mol. The average molecular weight is 362 g/mol. The van der Waals surface area contributed by atoms with Crippen molar-refractivity contribution in [3.8, 4) is 0 Å². The number of ether oxygens (including phenoxy) is 2. The van der Waals surface area contributed by atoms with Crippen molar-refractivity contribution < 1.29 is 23.0 Å². The molecule has 138 valence electrons. The van der Waals surface area contributed by atoms with Gasteiger partial charge >= 0.3 is 11.2 Å². The third-order valence-electron chi connectivity index (χ3n) is 6.25. The maximum atomic E-state index is 13.2. The number of thiol groups is 1. The normalized spacial score (nSPS) is 38.4. The zero-order valence-electron chi connectivity index (χ0n) is 14.7. The Kier molecular flexibility index (Phi) is 4.48. The van der Waals surface area contributed by atoms with Gasteiger partial charge in [0.1, 0.15) is 12.2 Å². The van der Waals surface area contributed by atoms with Gasteiger partial charge in [-0.1, -0.05) is 6.92 Å². The molecule has 4 bridgehead atoms. The van der Waals surface area contributed by atoms with E-state index in [4.69, 9.17) is 9.47 Å². The lowest BCUT2D eigenvalue weighted by atomic mass is 9.52. The largest absolute Gasteiger partial charge is 0.459 e. The second-order valence-corrected chi connectivity index (χ2v) is 9.56. The van der Waals surface area contributed by atoms with E-state index in [2.05, 4.69) is 12.6 Å². The van der Waals surface area contributed by atoms with Crippen molar-refractivity contribution in [1.82, 2.24) is 0 Å². The molecular formula is C18H28F2O3S. The molecule has 4 saturated carbocycles. The minimum atomic E-state index is -3.13. The summed E-state index contributed by atoms with van der Waals surface area (Å²) in [7, 11) is 0. The third-order valence-corrected chi connectivity index (χ3v) is 6.38. The average Bonchev–Trinajstić information content (AvgIpc) is 2.42. The number of hydrogen-bond donors (Lipinski definition) is 1. The highest BCUT2D eigenvalue weighted by atomic mass is 32.1. The molecule has 3 nitrogen and oxygen atoms in total. The first kappa shape index (κ1) is 18.4. The molecule has 0 spiro atoms. The summed E-state index contributed by atoms with van der Waals surface area (Å²) in [5, 5.41) is -3.13. The molecule has 0 saturated heterocycles. The Hall–Kier alpha value is -0.360. The first-order chi connectivity index (χ1) is 11.0. The molecular weight excluding hydrogens is 334 g/mol. The Bertz CT molecular complexity index is 501. The monoisotopic (exact) mass is 362 g/mol. The molecule has 4 rings (SSSR count). The van der Waals surface area contributed by atoms with Crippen molar-refractivity contribution in [3.05, 3.63) is 0 Å². The number of esters is 1. The highest BCUT2D eigenvalue weighted by molar-refractivity contribution is 7.81. The molecule has 0 aromatic rings. The molecule has 4 fully saturated rings. The summed E-state index contributed by atoms with van der Waals surface area (Å²) in [4.78, 5) is 12.6. The van der Waals surface area contributed by atoms with Gasteiger partial charge in [0.15, 0.2) is 0 Å². The van der Waals surface area contributed by atoms with Gasteiger partial charge in [0.05, 0.1) is 11.0 Å². The van der Waals surface area contributed by atoms with Gasteiger partial charge < -0.3 is 9.47 Å². The first-order valence-corrected chi connectivity index (χ1v) is 9.39. The van der Waals surface area contributed by atoms with Gasteiger partial charge in [-0.2, -0.15) is 8.78 Å². The van der Waals surface area contributed by atoms with Gasteiger partial charge in [0.2, 0.25) is 0 Å². The second kappa shape index (κ2) is 5.83. The van der Waals surface area contributed by atoms with Gasteiger partial charge in [0, 0.05) is 6.42 Å². The van der Waals surface area contributed by atoms with Crippen molar-refractivity contribution >= 4 is 18.6 Å². The van der Waals surface area contributed by atoms with Crippen LogP contribution in [-0.2, 0) is 14.3 Å². The molecule has 0 amide bonds. The first-order valence-electron chi connectivity index (χ1n) is 8.94. The Morgan fingerprint density at radius 3 is 2.21 bits per heavy atom. The fraction of sp³-hybridized carbons (Fsp3) is 0.944. The molecule has 0 heterocycles. The number of hydrogen-bond acceptors (Lipinski definition) is 4. The smallest absolute Gasteiger partial charge is 0.314 e. The predicted octanol–water partition coefficient (Wildman–Crippen LogP) is 4.60. The molecule has 2 atom stereocenters. The molecule has 0 aliphatic heterocycles. The third kappa shape index (κ3) is 3.59. The van der Waals surface area contributed by atoms with Crippen LogP contribution < -0.4 is 0 Å². The van der Waals surface area contributed by atoms with Crippen LogP contribution in [0.2, 0.25) is 0 Å². The lowest BCUT2D eigenvalue weighted by molar-refractivity contribution is -0.245. The quantitative estimate of drug-likeness (QED) is 0.554. The van der Waals surface area contributed by atoms with Gasteiger partial charge in [-0.05, 0) is 64.2 Å². The molecule has 2 unspecified atom stereocenters. The Labute approximate surface area is 148 Å². The zero-order chi connectivity index (χ0) is 17.8. The van der Waals surface area contributed by atoms with E-state index in [0.717, 1.165) is 32.1 Å². The molecule has 4 aliphatic carbocycles. The number of halogens is 2. The second-order valence-electron chi connectivity index (χ2n) is 8.91. The molecule has 24 heavy (non-hydrogen) atoms. The topological polar surface area (TPSA) is 35.5 Å². The van der Waals surface area contributed by atoms with E-state index < -0.39 is 28.5 Å². The van der Waals surface area contributed by atoms with Gasteiger partial charge in [-0.3, -0.25) is 4.79 Å². The lowest BCUT2D eigenvalue weighted by Gasteiger charge is -2.61. The summed E-state index contributed by atoms with van der Waals surface area (Å²) in [6, 6.07) is 0. The van der Waals surface area contributed by atoms with Crippen LogP contribution in [0.25, 0.3) is 0 Å². The number of carbonyl (C=O) groups is 1. The van der Waals surface area contributed by atoms with Crippen LogP contribution in [-0.4, -0.2) is 29.0 Å². The fourth-order valence-electron chi connectivity index (χ4n) is 5.10. The van der Waals surface area contributed by atoms with Crippen LogP contribution in [0.4, 0.5) is 8.78 Å². The van der Waals surface area contributed by atoms with Crippen LogP contribution >= 0.6 is 12.6 Å². The van der Waals surface area contributed by atoms with Gasteiger partial charge in [0.25, 0.3) is 0 Å². The van der Waals surface area contributed by atoms with Crippen LogP contribution in [0.15, 0.2) is 0 Å². The molecule has 0 N–H and O–H groups in total. The molecule has 0 radical (unpaired) electrons. The van der Waals surface area contributed by atoms with E-state index >= 15 is 0 Å². The summed E-state index contributed by atoms with van der Waals surface area (Å²) in [5.41, 5.74) is -1.62. The van der Waals surface area contributed by atoms with E-state index in [-0.39, 0.29) is 5.97 Å². The highest BCUT2D eigenvalue weighted by Crippen LogP contribution is 2.60. The van der Waals surface area contributed by atoms with E-state index in [9.17, 15) is 13.6 Å². The number of rotatable bonds is 6. The summed E-state index contributed by atoms with van der Waals surface area (Å²) in [6.45, 7) is 5.08. The molecule has 4 aliphatic rings. The van der Waals surface area contributed by atoms with E-state index in [1.54, 1.807) is 0 Å². The summed E-state index contributed by atoms with van der Waals surface area (Å²) in [5.74, 6) is 0.622. The van der Waals surface area contributed by atoms with Crippen LogP contribution in [0.3, 0.4) is 0 Å². The number of alkyl halides is 2. The van der Waals surface area contributed by atoms with Crippen LogP contribution in [0, 0.1) is 17.3 Å². The highest BCUT2D eigenvalue weighted by Gasteiger charge is 2.61. The van der Waals surface area contributed by atoms with Crippen molar-refractivity contribution in [3.63, 3.8) is 0 Å². The molecule has 0 aromatic carbocycles. The maximum absolute atomic E-state index is 13.2. The van der Waals surface area contributed by atoms with Crippen molar-refractivity contribution in [2.75, 3.05) is 6.61 Å². The maximum Gasteiger partial charge on any atom is 0.314 e. The summed E-state index contributed by atoms with van der Waals surface area (Å²) < 4.78 is 38.1. The molecule has 0 aromatic heterocycles. The number of carbonyl (C=O) groups excluding carboxylic acids is 1. The van der Waals surface area contributed by atoms with Crippen molar-refractivity contribution in [2.24, 2.45) is 17.3 Å². The molecule has 6 heteroatoms.